The van der Waals surface area contributed by atoms with Crippen LogP contribution >= 0.6 is 0 Å². The van der Waals surface area contributed by atoms with Crippen LogP contribution in [-0.2, 0) is 0 Å². The second-order valence-electron chi connectivity index (χ2n) is 5.27. The molecule has 0 aliphatic rings. The maximum atomic E-state index is 12.2. The van der Waals surface area contributed by atoms with Gasteiger partial charge in [-0.3, -0.25) is 0 Å². The summed E-state index contributed by atoms with van der Waals surface area (Å²) in [7, 11) is 3.94. The largest absolute Gasteiger partial charge is 0.608 e. The molecule has 3 rings (SSSR count). The predicted molar refractivity (Wildman–Crippen MR) is 83.1 cm³/mol. The van der Waals surface area contributed by atoms with E-state index >= 15 is 0 Å². The van der Waals surface area contributed by atoms with E-state index in [1.165, 1.54) is 4.57 Å². The Bertz CT molecular complexity index is 866. The Balaban J connectivity index is 2.23. The van der Waals surface area contributed by atoms with Crippen LogP contribution in [0.1, 0.15) is 5.56 Å². The van der Waals surface area contributed by atoms with Crippen LogP contribution in [0.4, 0.5) is 5.69 Å². The van der Waals surface area contributed by atoms with Crippen molar-refractivity contribution in [3.05, 3.63) is 64.8 Å². The fraction of sp³-hybridized carbons (Fsp3) is 0.176. The van der Waals surface area contributed by atoms with E-state index in [9.17, 15) is 4.79 Å². The van der Waals surface area contributed by atoms with Gasteiger partial charge < -0.3 is 9.32 Å². The molecule has 0 fully saturated rings. The number of hydrogen-bond acceptors (Lipinski definition) is 3. The number of para-hydroxylation sites is 1. The van der Waals surface area contributed by atoms with E-state index in [0.717, 1.165) is 22.3 Å². The molecule has 0 unspecified atom stereocenters. The van der Waals surface area contributed by atoms with Crippen LogP contribution in [0.15, 0.2) is 57.9 Å². The first-order valence-electron chi connectivity index (χ1n) is 6.79. The molecule has 0 saturated carbocycles. The summed E-state index contributed by atoms with van der Waals surface area (Å²) in [5.41, 5.74) is 3.42. The number of rotatable bonds is 2. The van der Waals surface area contributed by atoms with Gasteiger partial charge in [-0.2, -0.15) is 4.79 Å². The lowest BCUT2D eigenvalue weighted by Gasteiger charge is -2.11. The van der Waals surface area contributed by atoms with Gasteiger partial charge in [0.25, 0.3) is 0 Å². The fourth-order valence-electron chi connectivity index (χ4n) is 2.35. The van der Waals surface area contributed by atoms with Crippen molar-refractivity contribution in [3.8, 4) is 5.69 Å². The number of anilines is 1. The van der Waals surface area contributed by atoms with Crippen LogP contribution < -0.4 is 15.2 Å². The van der Waals surface area contributed by atoms with Gasteiger partial charge in [0.15, 0.2) is 11.8 Å². The van der Waals surface area contributed by atoms with Crippen LogP contribution in [0.2, 0.25) is 0 Å². The molecule has 0 saturated heterocycles. The molecule has 3 aromatic rings. The Labute approximate surface area is 122 Å². The molecule has 0 aliphatic heterocycles. The Morgan fingerprint density at radius 3 is 2.62 bits per heavy atom. The summed E-state index contributed by atoms with van der Waals surface area (Å²) in [6, 6.07) is 13.6. The highest BCUT2D eigenvalue weighted by atomic mass is 16.4. The maximum absolute atomic E-state index is 12.2. The van der Waals surface area contributed by atoms with Crippen molar-refractivity contribution >= 4 is 16.7 Å². The Morgan fingerprint density at radius 2 is 1.86 bits per heavy atom. The van der Waals surface area contributed by atoms with Crippen molar-refractivity contribution in [1.29, 1.82) is 0 Å². The second-order valence-corrected chi connectivity index (χ2v) is 5.27. The lowest BCUT2D eigenvalue weighted by molar-refractivity contribution is -0.623. The summed E-state index contributed by atoms with van der Waals surface area (Å²) in [5, 5.41) is 0.907. The van der Waals surface area contributed by atoms with E-state index in [0.29, 0.717) is 5.58 Å². The highest BCUT2D eigenvalue weighted by molar-refractivity contribution is 5.77. The minimum absolute atomic E-state index is 0.382. The molecule has 0 bridgehead atoms. The standard InChI is InChI=1S/C17H17N2O2/c1-12-6-4-7-13-11-19(17(20)21-16(12)13)15-9-5-8-14(10-15)18(2)3/h4-11H,1-3H3/q+1. The molecular formula is C17H17N2O2+. The molecule has 0 aliphatic carbocycles. The average molecular weight is 281 g/mol. The molecule has 4 nitrogen and oxygen atoms in total. The quantitative estimate of drug-likeness (QED) is 0.677. The maximum Gasteiger partial charge on any atom is 0.608 e. The smallest absolute Gasteiger partial charge is 0.377 e. The zero-order valence-electron chi connectivity index (χ0n) is 12.3. The van der Waals surface area contributed by atoms with Gasteiger partial charge in [-0.15, -0.1) is 0 Å². The monoisotopic (exact) mass is 281 g/mol. The normalized spacial score (nSPS) is 10.8. The van der Waals surface area contributed by atoms with Gasteiger partial charge in [-0.05, 0) is 24.6 Å². The third-order valence-corrected chi connectivity index (χ3v) is 3.52. The highest BCUT2D eigenvalue weighted by Crippen LogP contribution is 2.16. The van der Waals surface area contributed by atoms with Crippen molar-refractivity contribution in [2.24, 2.45) is 0 Å². The molecule has 0 amide bonds. The number of fused-ring (bicyclic) bond motifs is 1. The van der Waals surface area contributed by atoms with Gasteiger partial charge in [0, 0.05) is 31.9 Å². The van der Waals surface area contributed by atoms with E-state index in [-0.39, 0.29) is 5.76 Å². The molecule has 0 N–H and O–H groups in total. The summed E-state index contributed by atoms with van der Waals surface area (Å²) in [4.78, 5) is 14.2. The minimum Gasteiger partial charge on any atom is -0.377 e. The molecular weight excluding hydrogens is 264 g/mol. The molecule has 1 aromatic heterocycles. The minimum atomic E-state index is -0.382. The van der Waals surface area contributed by atoms with Crippen LogP contribution in [0.25, 0.3) is 16.7 Å². The van der Waals surface area contributed by atoms with Gasteiger partial charge in [0.1, 0.15) is 0 Å². The van der Waals surface area contributed by atoms with E-state index in [1.54, 1.807) is 0 Å². The van der Waals surface area contributed by atoms with Crippen molar-refractivity contribution < 1.29 is 8.98 Å². The lowest BCUT2D eigenvalue weighted by atomic mass is 10.2. The Kier molecular flexibility index (Phi) is 3.22. The highest BCUT2D eigenvalue weighted by Gasteiger charge is 2.17. The van der Waals surface area contributed by atoms with Gasteiger partial charge >= 0.3 is 5.76 Å². The van der Waals surface area contributed by atoms with Crippen LogP contribution in [0.3, 0.4) is 0 Å². The average Bonchev–Trinajstić information content (AvgIpc) is 2.48. The molecule has 106 valence electrons. The van der Waals surface area contributed by atoms with Crippen molar-refractivity contribution in [3.63, 3.8) is 0 Å². The zero-order chi connectivity index (χ0) is 15.0. The third kappa shape index (κ3) is 2.40. The van der Waals surface area contributed by atoms with Gasteiger partial charge in [0.2, 0.25) is 5.69 Å². The molecule has 4 heteroatoms. The second kappa shape index (κ2) is 5.05. The SMILES string of the molecule is Cc1cccc2c[n+](-c3cccc(N(C)C)c3)c(=O)oc12. The lowest BCUT2D eigenvalue weighted by Crippen LogP contribution is -2.46. The molecule has 2 aromatic carbocycles. The molecule has 0 atom stereocenters. The summed E-state index contributed by atoms with van der Waals surface area (Å²) < 4.78 is 7.01. The van der Waals surface area contributed by atoms with Gasteiger partial charge in [0.05, 0.1) is 5.39 Å². The number of aryl methyl sites for hydroxylation is 1. The summed E-state index contributed by atoms with van der Waals surface area (Å²) >= 11 is 0. The Morgan fingerprint density at radius 1 is 1.10 bits per heavy atom. The fourth-order valence-corrected chi connectivity index (χ4v) is 2.35. The number of hydrogen-bond donors (Lipinski definition) is 0. The predicted octanol–water partition coefficient (Wildman–Crippen LogP) is 2.44. The molecule has 0 spiro atoms. The van der Waals surface area contributed by atoms with Crippen molar-refractivity contribution in [2.45, 2.75) is 6.92 Å². The van der Waals surface area contributed by atoms with Crippen molar-refractivity contribution in [2.75, 3.05) is 19.0 Å². The van der Waals surface area contributed by atoms with E-state index in [2.05, 4.69) is 0 Å². The summed E-state index contributed by atoms with van der Waals surface area (Å²) in [6.07, 6.45) is 1.82. The first-order chi connectivity index (χ1) is 10.1. The first-order valence-corrected chi connectivity index (χ1v) is 6.79. The topological polar surface area (TPSA) is 37.3 Å². The zero-order valence-corrected chi connectivity index (χ0v) is 12.3. The summed E-state index contributed by atoms with van der Waals surface area (Å²) in [5.74, 6) is -0.382. The van der Waals surface area contributed by atoms with Crippen molar-refractivity contribution in [1.82, 2.24) is 0 Å². The number of nitrogens with zero attached hydrogens (tertiary/aromatic N) is 2. The van der Waals surface area contributed by atoms with E-state index in [1.807, 2.05) is 74.6 Å². The first kappa shape index (κ1) is 13.4. The Hall–Kier alpha value is -2.62. The van der Waals surface area contributed by atoms with E-state index in [4.69, 9.17) is 4.42 Å². The van der Waals surface area contributed by atoms with Gasteiger partial charge in [-0.1, -0.05) is 22.8 Å². The molecule has 21 heavy (non-hydrogen) atoms. The van der Waals surface area contributed by atoms with Crippen LogP contribution in [0.5, 0.6) is 0 Å². The number of benzene rings is 2. The van der Waals surface area contributed by atoms with E-state index < -0.39 is 0 Å². The number of aromatic nitrogens is 1. The third-order valence-electron chi connectivity index (χ3n) is 3.52. The molecule has 1 heterocycles. The molecule has 0 radical (unpaired) electrons. The summed E-state index contributed by atoms with van der Waals surface area (Å²) in [6.45, 7) is 1.93. The van der Waals surface area contributed by atoms with Gasteiger partial charge in [-0.25, -0.2) is 0 Å². The van der Waals surface area contributed by atoms with Crippen LogP contribution in [-0.4, -0.2) is 14.1 Å². The van der Waals surface area contributed by atoms with Crippen LogP contribution in [0, 0.1) is 6.92 Å².